The summed E-state index contributed by atoms with van der Waals surface area (Å²) in [6, 6.07) is 51.1. The number of nitrogens with one attached hydrogen (secondary N) is 1. The molecule has 0 saturated heterocycles. The molecule has 59 heavy (non-hydrogen) atoms. The second-order valence-corrected chi connectivity index (χ2v) is 19.7. The Morgan fingerprint density at radius 1 is 0.559 bits per heavy atom. The van der Waals surface area contributed by atoms with E-state index in [2.05, 4.69) is 192 Å². The smallest absolute Gasteiger partial charge is 0.198 e. The van der Waals surface area contributed by atoms with Crippen LogP contribution in [0.1, 0.15) is 82.2 Å². The van der Waals surface area contributed by atoms with Crippen LogP contribution in [0.15, 0.2) is 133 Å². The molecule has 12 rings (SSSR count). The number of hydrogen-bond acceptors (Lipinski definition) is 1. The molecule has 1 aromatic heterocycles. The SMILES string of the molecule is Cc1cc2c(cc1Nc1ccc3c(c1-c1cc4ccccc4c4c1Bc1cccc5c6c7ccccc7ccc6n-4c15)C(C)(C)c1ccccc1-3)C(C)(C)CCC2(C)C. The molecule has 3 heteroatoms. The van der Waals surface area contributed by atoms with E-state index >= 15 is 0 Å². The van der Waals surface area contributed by atoms with Crippen LogP contribution in [0.3, 0.4) is 0 Å². The molecule has 0 atom stereocenters. The fourth-order valence-corrected chi connectivity index (χ4v) is 11.8. The van der Waals surface area contributed by atoms with Crippen molar-refractivity contribution in [2.24, 2.45) is 0 Å². The van der Waals surface area contributed by atoms with Gasteiger partial charge in [0.15, 0.2) is 7.28 Å². The third-order valence-corrected chi connectivity index (χ3v) is 14.9. The molecule has 0 spiro atoms. The zero-order valence-electron chi connectivity index (χ0n) is 35.3. The molecular weight excluding hydrogens is 711 g/mol. The van der Waals surface area contributed by atoms with Crippen molar-refractivity contribution in [1.82, 2.24) is 4.57 Å². The highest BCUT2D eigenvalue weighted by molar-refractivity contribution is 6.74. The summed E-state index contributed by atoms with van der Waals surface area (Å²) in [5.41, 5.74) is 21.5. The van der Waals surface area contributed by atoms with E-state index in [0.717, 1.165) is 7.28 Å². The van der Waals surface area contributed by atoms with Gasteiger partial charge in [0, 0.05) is 49.7 Å². The van der Waals surface area contributed by atoms with Crippen molar-refractivity contribution >= 4 is 72.9 Å². The lowest BCUT2D eigenvalue weighted by Gasteiger charge is -2.42. The largest absolute Gasteiger partial charge is 0.355 e. The van der Waals surface area contributed by atoms with Gasteiger partial charge in [0.2, 0.25) is 0 Å². The lowest BCUT2D eigenvalue weighted by Crippen LogP contribution is -2.38. The number of anilines is 2. The fraction of sp³-hybridized carbons (Fsp3) is 0.214. The van der Waals surface area contributed by atoms with Crippen LogP contribution >= 0.6 is 0 Å². The standard InChI is InChI=1S/C56H49BN2/c1-32-29-42-43(55(4,5)28-27-54(42,2)3)31-46(32)58-45-25-24-38-37-19-12-13-21-41(37)56(6,7)50(38)49(45)40-30-34-16-9-11-18-36(34)53-51(40)57-44-22-14-20-39-48-35-17-10-8-15-33(35)23-26-47(48)59(53)52(39)44/h8-26,29-31,57-58H,27-28H2,1-7H3. The van der Waals surface area contributed by atoms with Crippen molar-refractivity contribution in [3.8, 4) is 27.9 Å². The highest BCUT2D eigenvalue weighted by Crippen LogP contribution is 2.55. The van der Waals surface area contributed by atoms with Crippen LogP contribution in [-0.2, 0) is 16.2 Å². The number of rotatable bonds is 3. The van der Waals surface area contributed by atoms with Gasteiger partial charge in [-0.05, 0) is 121 Å². The number of hydrogen-bond donors (Lipinski definition) is 1. The first-order valence-corrected chi connectivity index (χ1v) is 21.6. The van der Waals surface area contributed by atoms with Gasteiger partial charge in [0.05, 0.1) is 5.52 Å². The van der Waals surface area contributed by atoms with Gasteiger partial charge in [-0.2, -0.15) is 0 Å². The molecule has 3 aliphatic rings. The summed E-state index contributed by atoms with van der Waals surface area (Å²) in [4.78, 5) is 0. The van der Waals surface area contributed by atoms with Crippen LogP contribution in [0.5, 0.6) is 0 Å². The van der Waals surface area contributed by atoms with Crippen molar-refractivity contribution in [2.75, 3.05) is 5.32 Å². The molecule has 1 aliphatic heterocycles. The summed E-state index contributed by atoms with van der Waals surface area (Å²) in [6.07, 6.45) is 2.40. The van der Waals surface area contributed by atoms with E-state index in [4.69, 9.17) is 0 Å². The first-order chi connectivity index (χ1) is 28.4. The third-order valence-electron chi connectivity index (χ3n) is 14.9. The van der Waals surface area contributed by atoms with Crippen molar-refractivity contribution < 1.29 is 0 Å². The first kappa shape index (κ1) is 34.9. The number of fused-ring (bicyclic) bond motifs is 13. The van der Waals surface area contributed by atoms with Gasteiger partial charge in [0.1, 0.15) is 0 Å². The maximum absolute atomic E-state index is 4.18. The lowest BCUT2D eigenvalue weighted by atomic mass is 9.58. The minimum Gasteiger partial charge on any atom is -0.355 e. The molecule has 0 saturated carbocycles. The van der Waals surface area contributed by atoms with Crippen molar-refractivity contribution in [3.63, 3.8) is 0 Å². The van der Waals surface area contributed by atoms with Crippen LogP contribution in [0, 0.1) is 6.92 Å². The summed E-state index contributed by atoms with van der Waals surface area (Å²) in [5, 5.41) is 12.0. The Balaban J connectivity index is 1.19. The van der Waals surface area contributed by atoms with Gasteiger partial charge in [-0.3, -0.25) is 0 Å². The number of para-hydroxylation sites is 1. The van der Waals surface area contributed by atoms with Crippen LogP contribution in [0.25, 0.3) is 71.3 Å². The molecule has 0 bridgehead atoms. The predicted octanol–water partition coefficient (Wildman–Crippen LogP) is 13.2. The zero-order chi connectivity index (χ0) is 40.2. The molecule has 8 aromatic carbocycles. The molecule has 0 amide bonds. The molecule has 2 nitrogen and oxygen atoms in total. The van der Waals surface area contributed by atoms with Crippen LogP contribution in [-0.4, -0.2) is 11.8 Å². The van der Waals surface area contributed by atoms with Gasteiger partial charge >= 0.3 is 0 Å². The molecule has 9 aromatic rings. The number of aromatic nitrogens is 1. The lowest BCUT2D eigenvalue weighted by molar-refractivity contribution is 0.332. The third kappa shape index (κ3) is 4.71. The van der Waals surface area contributed by atoms with E-state index < -0.39 is 0 Å². The van der Waals surface area contributed by atoms with Gasteiger partial charge in [-0.1, -0.05) is 156 Å². The fourth-order valence-electron chi connectivity index (χ4n) is 11.8. The Kier molecular flexibility index (Phi) is 6.98. The Bertz CT molecular complexity index is 3320. The molecule has 0 fully saturated rings. The van der Waals surface area contributed by atoms with E-state index in [0.29, 0.717) is 0 Å². The Labute approximate surface area is 348 Å². The second-order valence-electron chi connectivity index (χ2n) is 19.7. The van der Waals surface area contributed by atoms with Crippen molar-refractivity contribution in [1.29, 1.82) is 0 Å². The monoisotopic (exact) mass is 760 g/mol. The molecule has 0 radical (unpaired) electrons. The van der Waals surface area contributed by atoms with E-state index in [-0.39, 0.29) is 16.2 Å². The number of benzene rings is 8. The minimum absolute atomic E-state index is 0.111. The van der Waals surface area contributed by atoms with Crippen LogP contribution in [0.4, 0.5) is 11.4 Å². The van der Waals surface area contributed by atoms with E-state index in [1.165, 1.54) is 134 Å². The molecule has 2 aliphatic carbocycles. The quantitative estimate of drug-likeness (QED) is 0.178. The average molecular weight is 761 g/mol. The molecule has 1 N–H and O–H groups in total. The van der Waals surface area contributed by atoms with Crippen LogP contribution in [0.2, 0.25) is 0 Å². The minimum atomic E-state index is -0.215. The van der Waals surface area contributed by atoms with Gasteiger partial charge in [0.25, 0.3) is 0 Å². The number of aryl methyl sites for hydroxylation is 1. The summed E-state index contributed by atoms with van der Waals surface area (Å²) in [7, 11) is 0.860. The summed E-state index contributed by atoms with van der Waals surface area (Å²) >= 11 is 0. The maximum Gasteiger partial charge on any atom is 0.198 e. The van der Waals surface area contributed by atoms with Crippen LogP contribution < -0.4 is 16.2 Å². The first-order valence-electron chi connectivity index (χ1n) is 21.6. The Morgan fingerprint density at radius 3 is 2.07 bits per heavy atom. The van der Waals surface area contributed by atoms with Gasteiger partial charge in [-0.25, -0.2) is 0 Å². The highest BCUT2D eigenvalue weighted by Gasteiger charge is 2.41. The topological polar surface area (TPSA) is 17.0 Å². The van der Waals surface area contributed by atoms with Gasteiger partial charge < -0.3 is 9.88 Å². The summed E-state index contributed by atoms with van der Waals surface area (Å²) in [5.74, 6) is 0. The summed E-state index contributed by atoms with van der Waals surface area (Å²) < 4.78 is 2.63. The van der Waals surface area contributed by atoms with E-state index in [1.54, 1.807) is 0 Å². The summed E-state index contributed by atoms with van der Waals surface area (Å²) in [6.45, 7) is 16.9. The normalized spacial score (nSPS) is 16.5. The van der Waals surface area contributed by atoms with Crippen molar-refractivity contribution in [2.45, 2.75) is 77.6 Å². The molecular formula is C56H49BN2. The molecule has 0 unspecified atom stereocenters. The van der Waals surface area contributed by atoms with E-state index in [9.17, 15) is 0 Å². The maximum atomic E-state index is 4.18. The van der Waals surface area contributed by atoms with Gasteiger partial charge in [-0.15, -0.1) is 0 Å². The highest BCUT2D eigenvalue weighted by atomic mass is 15.0. The Hall–Kier alpha value is -6.06. The molecule has 286 valence electrons. The van der Waals surface area contributed by atoms with E-state index in [1.807, 2.05) is 0 Å². The zero-order valence-corrected chi connectivity index (χ0v) is 35.3. The predicted molar refractivity (Wildman–Crippen MR) is 255 cm³/mol. The Morgan fingerprint density at radius 2 is 1.25 bits per heavy atom. The average Bonchev–Trinajstić information content (AvgIpc) is 3.70. The number of nitrogens with zero attached hydrogens (tertiary/aromatic N) is 1. The second kappa shape index (κ2) is 11.8. The molecule has 2 heterocycles. The van der Waals surface area contributed by atoms with Crippen molar-refractivity contribution in [3.05, 3.63) is 161 Å².